The summed E-state index contributed by atoms with van der Waals surface area (Å²) in [5.74, 6) is -1.49. The summed E-state index contributed by atoms with van der Waals surface area (Å²) < 4.78 is 11.8. The molecule has 122 valence electrons. The molecule has 0 radical (unpaired) electrons. The third-order valence-corrected chi connectivity index (χ3v) is 6.08. The smallest absolute Gasteiger partial charge is 0.311 e. The van der Waals surface area contributed by atoms with Crippen molar-refractivity contribution in [1.82, 2.24) is 0 Å². The lowest BCUT2D eigenvalue weighted by Gasteiger charge is -2.24. The van der Waals surface area contributed by atoms with Crippen molar-refractivity contribution in [2.24, 2.45) is 16.6 Å². The molecule has 7 heteroatoms. The lowest BCUT2D eigenvalue weighted by atomic mass is 9.94. The first kappa shape index (κ1) is 15.5. The fraction of sp³-hybridized carbons (Fsp3) is 0.471. The molecule has 6 nitrogen and oxygen atoms in total. The number of rotatable bonds is 2. The second kappa shape index (κ2) is 4.73. The Morgan fingerprint density at radius 3 is 2.50 bits per heavy atom. The van der Waals surface area contributed by atoms with Gasteiger partial charge < -0.3 is 9.47 Å². The number of nitrogens with zero attached hydrogens (tertiary/aromatic N) is 2. The standard InChI is InChI=1S/C17H16N4O2S/c1-10-7-22-17(23-10)16(9-19)13(15(16,8-18)14(20)21-17)11-3-5-12(24-2)6-4-11/h3-6,10,13H,7H2,1-2H3,(H2,20,21)/p+1/t10-,13-,15-,16-,17+/m1/s1. The minimum atomic E-state index is -1.36. The molecule has 4 rings (SSSR count). The number of nitrogens with two attached hydrogens (primary N) is 1. The van der Waals surface area contributed by atoms with Crippen LogP contribution in [0.25, 0.3) is 0 Å². The number of ether oxygens (including phenoxy) is 2. The van der Waals surface area contributed by atoms with Crippen LogP contribution in [-0.2, 0) is 9.47 Å². The molecule has 24 heavy (non-hydrogen) atoms. The van der Waals surface area contributed by atoms with Gasteiger partial charge in [0.25, 0.3) is 5.84 Å². The Morgan fingerprint density at radius 1 is 1.29 bits per heavy atom. The second-order valence-corrected chi connectivity index (χ2v) is 7.32. The first-order chi connectivity index (χ1) is 11.5. The molecule has 0 aromatic heterocycles. The van der Waals surface area contributed by atoms with Gasteiger partial charge in [0.1, 0.15) is 0 Å². The van der Waals surface area contributed by atoms with E-state index < -0.39 is 16.7 Å². The summed E-state index contributed by atoms with van der Waals surface area (Å²) in [4.78, 5) is 4.08. The number of thioether (sulfide) groups is 1. The number of benzene rings is 1. The molecule has 0 bridgehead atoms. The van der Waals surface area contributed by atoms with E-state index in [4.69, 9.17) is 15.2 Å². The molecular formula is C17H17N4O2S+. The highest BCUT2D eigenvalue weighted by atomic mass is 32.2. The van der Waals surface area contributed by atoms with Gasteiger partial charge in [-0.1, -0.05) is 12.1 Å². The molecule has 1 saturated carbocycles. The predicted molar refractivity (Wildman–Crippen MR) is 86.4 cm³/mol. The largest absolute Gasteiger partial charge is 0.343 e. The molecule has 0 unspecified atom stereocenters. The molecule has 1 aromatic carbocycles. The number of hydrogen-bond donors (Lipinski definition) is 2. The summed E-state index contributed by atoms with van der Waals surface area (Å²) in [6.45, 7) is 2.22. The van der Waals surface area contributed by atoms with Crippen LogP contribution in [0.1, 0.15) is 18.4 Å². The molecule has 3 N–H and O–H groups in total. The molecule has 1 aliphatic carbocycles. The zero-order valence-corrected chi connectivity index (χ0v) is 14.2. The molecule has 2 aliphatic heterocycles. The molecule has 2 heterocycles. The van der Waals surface area contributed by atoms with E-state index in [1.165, 1.54) is 0 Å². The number of amidine groups is 1. The normalized spacial score (nSPS) is 42.2. The average Bonchev–Trinajstić information content (AvgIpc) is 2.99. The molecule has 3 aliphatic rings. The highest BCUT2D eigenvalue weighted by molar-refractivity contribution is 7.98. The fourth-order valence-electron chi connectivity index (χ4n) is 4.26. The summed E-state index contributed by atoms with van der Waals surface area (Å²) >= 11 is 1.64. The van der Waals surface area contributed by atoms with E-state index in [2.05, 4.69) is 17.1 Å². The van der Waals surface area contributed by atoms with Gasteiger partial charge in [-0.3, -0.25) is 5.73 Å². The van der Waals surface area contributed by atoms with Crippen LogP contribution in [0.2, 0.25) is 0 Å². The van der Waals surface area contributed by atoms with E-state index in [0.717, 1.165) is 10.5 Å². The zero-order valence-electron chi connectivity index (χ0n) is 13.4. The Bertz CT molecular complexity index is 826. The van der Waals surface area contributed by atoms with Gasteiger partial charge in [-0.2, -0.15) is 10.5 Å². The number of hydrogen-bond acceptors (Lipinski definition) is 6. The third-order valence-electron chi connectivity index (χ3n) is 5.34. The highest BCUT2D eigenvalue weighted by Crippen LogP contribution is 2.79. The van der Waals surface area contributed by atoms with Gasteiger partial charge in [0.05, 0.1) is 24.8 Å². The topological polar surface area (TPSA) is 106 Å². The van der Waals surface area contributed by atoms with Crippen LogP contribution in [0.5, 0.6) is 0 Å². The van der Waals surface area contributed by atoms with Crippen molar-refractivity contribution in [3.63, 3.8) is 0 Å². The summed E-state index contributed by atoms with van der Waals surface area (Å²) in [6, 6.07) is 12.5. The number of nitriles is 2. The quantitative estimate of drug-likeness (QED) is 0.737. The van der Waals surface area contributed by atoms with E-state index in [9.17, 15) is 10.5 Å². The SMILES string of the molecule is CSc1ccc([C@H]2[C@@]3(C#N)[C@]4([NH+]=C(N)[C@@]23C#N)OC[C@@H](C)O4)cc1. The Labute approximate surface area is 144 Å². The molecule has 1 aromatic rings. The van der Waals surface area contributed by atoms with Crippen molar-refractivity contribution in [2.45, 2.75) is 29.8 Å². The van der Waals surface area contributed by atoms with Crippen LogP contribution in [0.15, 0.2) is 29.2 Å². The van der Waals surface area contributed by atoms with Crippen molar-refractivity contribution >= 4 is 17.6 Å². The Hall–Kier alpha value is -2.06. The molecule has 1 saturated heterocycles. The molecule has 5 atom stereocenters. The monoisotopic (exact) mass is 341 g/mol. The van der Waals surface area contributed by atoms with Crippen LogP contribution < -0.4 is 10.7 Å². The molecule has 0 amide bonds. The van der Waals surface area contributed by atoms with Gasteiger partial charge in [-0.05, 0) is 30.9 Å². The van der Waals surface area contributed by atoms with E-state index >= 15 is 0 Å². The lowest BCUT2D eigenvalue weighted by Crippen LogP contribution is -2.90. The zero-order chi connectivity index (χ0) is 17.2. The van der Waals surface area contributed by atoms with Crippen molar-refractivity contribution in [3.8, 4) is 12.1 Å². The van der Waals surface area contributed by atoms with Gasteiger partial charge in [-0.15, -0.1) is 11.8 Å². The van der Waals surface area contributed by atoms with Gasteiger partial charge >= 0.3 is 5.91 Å². The highest BCUT2D eigenvalue weighted by Gasteiger charge is 2.97. The van der Waals surface area contributed by atoms with Crippen molar-refractivity contribution < 1.29 is 14.5 Å². The summed E-state index contributed by atoms with van der Waals surface area (Å²) in [5.41, 5.74) is 4.74. The van der Waals surface area contributed by atoms with E-state index in [0.29, 0.717) is 6.61 Å². The van der Waals surface area contributed by atoms with Crippen LogP contribution >= 0.6 is 11.8 Å². The maximum absolute atomic E-state index is 10.1. The summed E-state index contributed by atoms with van der Waals surface area (Å²) in [5, 5.41) is 20.0. The van der Waals surface area contributed by atoms with Crippen molar-refractivity contribution in [2.75, 3.05) is 12.9 Å². The third kappa shape index (κ3) is 1.46. The van der Waals surface area contributed by atoms with E-state index in [1.54, 1.807) is 11.8 Å². The first-order valence-electron chi connectivity index (χ1n) is 7.70. The Morgan fingerprint density at radius 2 is 2.00 bits per heavy atom. The summed E-state index contributed by atoms with van der Waals surface area (Å²) in [6.07, 6.45) is 1.82. The summed E-state index contributed by atoms with van der Waals surface area (Å²) in [7, 11) is 0. The van der Waals surface area contributed by atoms with Gasteiger partial charge in [0.2, 0.25) is 0 Å². The van der Waals surface area contributed by atoms with Crippen molar-refractivity contribution in [3.05, 3.63) is 29.8 Å². The maximum Gasteiger partial charge on any atom is 0.343 e. The van der Waals surface area contributed by atoms with E-state index in [-0.39, 0.29) is 17.9 Å². The maximum atomic E-state index is 10.1. The molecule has 1 spiro atoms. The van der Waals surface area contributed by atoms with Crippen LogP contribution in [0, 0.1) is 33.5 Å². The Balaban J connectivity index is 1.87. The van der Waals surface area contributed by atoms with Crippen LogP contribution in [0.4, 0.5) is 0 Å². The van der Waals surface area contributed by atoms with E-state index in [1.807, 2.05) is 37.4 Å². The van der Waals surface area contributed by atoms with Crippen LogP contribution in [-0.4, -0.2) is 30.7 Å². The van der Waals surface area contributed by atoms with Gasteiger partial charge in [0, 0.05) is 10.8 Å². The lowest BCUT2D eigenvalue weighted by molar-refractivity contribution is -0.677. The minimum absolute atomic E-state index is 0.176. The molecule has 2 fully saturated rings. The number of fused-ring (bicyclic) bond motifs is 2. The number of nitrogens with one attached hydrogen (secondary N) is 1. The molecular weight excluding hydrogens is 324 g/mol. The first-order valence-corrected chi connectivity index (χ1v) is 8.93. The van der Waals surface area contributed by atoms with Gasteiger partial charge in [0.15, 0.2) is 10.8 Å². The Kier molecular flexibility index (Phi) is 3.05. The van der Waals surface area contributed by atoms with Gasteiger partial charge in [-0.25, -0.2) is 4.99 Å². The minimum Gasteiger partial charge on any atom is -0.311 e. The average molecular weight is 341 g/mol. The van der Waals surface area contributed by atoms with Crippen LogP contribution in [0.3, 0.4) is 0 Å². The second-order valence-electron chi connectivity index (χ2n) is 6.44. The van der Waals surface area contributed by atoms with Crippen molar-refractivity contribution in [1.29, 1.82) is 10.5 Å². The fourth-order valence-corrected chi connectivity index (χ4v) is 4.67. The predicted octanol–water partition coefficient (Wildman–Crippen LogP) is 0.0662.